The van der Waals surface area contributed by atoms with Gasteiger partial charge in [-0.25, -0.2) is 14.2 Å². The molecule has 0 unspecified atom stereocenters. The van der Waals surface area contributed by atoms with Gasteiger partial charge in [-0.05, 0) is 42.8 Å². The van der Waals surface area contributed by atoms with Crippen molar-refractivity contribution >= 4 is 22.9 Å². The number of hydrogen-bond donors (Lipinski definition) is 0. The molecule has 35 heavy (non-hydrogen) atoms. The molecule has 0 amide bonds. The van der Waals surface area contributed by atoms with Crippen LogP contribution in [0.25, 0.3) is 28.2 Å². The maximum Gasteiger partial charge on any atom is 0.332 e. The van der Waals surface area contributed by atoms with Crippen LogP contribution in [0, 0.1) is 5.82 Å². The van der Waals surface area contributed by atoms with E-state index in [9.17, 15) is 14.0 Å². The minimum Gasteiger partial charge on any atom is -0.328 e. The second kappa shape index (κ2) is 9.34. The molecule has 0 saturated heterocycles. The van der Waals surface area contributed by atoms with Crippen LogP contribution in [-0.4, -0.2) is 39.2 Å². The minimum atomic E-state index is -0.391. The quantitative estimate of drug-likeness (QED) is 0.257. The molecule has 0 aliphatic rings. The molecule has 3 aromatic heterocycles. The third-order valence-corrected chi connectivity index (χ3v) is 6.72. The van der Waals surface area contributed by atoms with Crippen LogP contribution in [0.4, 0.5) is 4.39 Å². The second-order valence-electron chi connectivity index (χ2n) is 8.01. The summed E-state index contributed by atoms with van der Waals surface area (Å²) in [6.07, 6.45) is 2.09. The third-order valence-electron chi connectivity index (χ3n) is 5.71. The Morgan fingerprint density at radius 1 is 0.971 bits per heavy atom. The van der Waals surface area contributed by atoms with E-state index in [1.165, 1.54) is 39.4 Å². The fraction of sp³-hybridized carbons (Fsp3) is 0.208. The highest BCUT2D eigenvalue weighted by Crippen LogP contribution is 2.28. The highest BCUT2D eigenvalue weighted by atomic mass is 32.2. The van der Waals surface area contributed by atoms with Crippen molar-refractivity contribution in [1.82, 2.24) is 33.4 Å². The summed E-state index contributed by atoms with van der Waals surface area (Å²) in [4.78, 5) is 29.8. The van der Waals surface area contributed by atoms with E-state index in [0.717, 1.165) is 11.3 Å². The van der Waals surface area contributed by atoms with Gasteiger partial charge in [0.25, 0.3) is 5.56 Å². The summed E-state index contributed by atoms with van der Waals surface area (Å²) >= 11 is 1.48. The van der Waals surface area contributed by atoms with Gasteiger partial charge in [-0.15, -0.1) is 10.2 Å². The molecule has 5 aromatic rings. The van der Waals surface area contributed by atoms with Crippen molar-refractivity contribution in [3.05, 3.63) is 87.6 Å². The van der Waals surface area contributed by atoms with Crippen LogP contribution in [0.1, 0.15) is 6.42 Å². The molecule has 0 spiro atoms. The molecule has 0 saturated carbocycles. The smallest absolute Gasteiger partial charge is 0.328 e. The average Bonchev–Trinajstić information content (AvgIpc) is 3.47. The summed E-state index contributed by atoms with van der Waals surface area (Å²) in [5, 5.41) is 9.39. The van der Waals surface area contributed by atoms with Gasteiger partial charge in [-0.3, -0.25) is 18.5 Å². The van der Waals surface area contributed by atoms with Crippen LogP contribution in [0.15, 0.2) is 75.7 Å². The molecule has 5 rings (SSSR count). The Kier molecular flexibility index (Phi) is 6.08. The first-order valence-corrected chi connectivity index (χ1v) is 11.9. The lowest BCUT2D eigenvalue weighted by molar-refractivity contribution is 0.594. The van der Waals surface area contributed by atoms with E-state index < -0.39 is 5.69 Å². The Balaban J connectivity index is 1.39. The van der Waals surface area contributed by atoms with Gasteiger partial charge >= 0.3 is 5.69 Å². The zero-order valence-electron chi connectivity index (χ0n) is 19.1. The molecule has 3 heterocycles. The fourth-order valence-electron chi connectivity index (χ4n) is 3.94. The number of para-hydroxylation sites is 1. The Hall–Kier alpha value is -3.99. The van der Waals surface area contributed by atoms with Gasteiger partial charge in [0.1, 0.15) is 5.82 Å². The number of fused-ring (bicyclic) bond motifs is 1. The minimum absolute atomic E-state index is 0.268. The largest absolute Gasteiger partial charge is 0.332 e. The predicted molar refractivity (Wildman–Crippen MR) is 132 cm³/mol. The SMILES string of the molecule is Cn1cnc2c1c(=O)n(CCCSc1nnc(-c3ccc(F)cc3)n1-c1ccccc1)c(=O)n2C. The first-order valence-electron chi connectivity index (χ1n) is 11.0. The van der Waals surface area contributed by atoms with Gasteiger partial charge in [0, 0.05) is 37.6 Å². The van der Waals surface area contributed by atoms with Crippen LogP contribution in [0.3, 0.4) is 0 Å². The zero-order chi connectivity index (χ0) is 24.5. The van der Waals surface area contributed by atoms with E-state index in [2.05, 4.69) is 15.2 Å². The zero-order valence-corrected chi connectivity index (χ0v) is 19.9. The number of rotatable bonds is 7. The number of benzene rings is 2. The Morgan fingerprint density at radius 2 is 1.71 bits per heavy atom. The lowest BCUT2D eigenvalue weighted by Gasteiger charge is -2.11. The normalized spacial score (nSPS) is 11.4. The number of imidazole rings is 1. The highest BCUT2D eigenvalue weighted by Gasteiger charge is 2.17. The molecule has 2 aromatic carbocycles. The average molecular weight is 492 g/mol. The van der Waals surface area contributed by atoms with Crippen molar-refractivity contribution < 1.29 is 4.39 Å². The summed E-state index contributed by atoms with van der Waals surface area (Å²) in [6, 6.07) is 15.8. The number of halogens is 1. The summed E-state index contributed by atoms with van der Waals surface area (Å²) in [5.74, 6) is 0.887. The first-order chi connectivity index (χ1) is 17.0. The maximum atomic E-state index is 13.4. The first kappa shape index (κ1) is 22.8. The Labute approximate surface area is 203 Å². The van der Waals surface area contributed by atoms with Crippen LogP contribution < -0.4 is 11.2 Å². The van der Waals surface area contributed by atoms with E-state index >= 15 is 0 Å². The van der Waals surface area contributed by atoms with Gasteiger partial charge < -0.3 is 4.57 Å². The van der Waals surface area contributed by atoms with Crippen LogP contribution in [0.5, 0.6) is 0 Å². The van der Waals surface area contributed by atoms with Crippen molar-refractivity contribution in [3.8, 4) is 17.1 Å². The molecular formula is C24H22FN7O2S. The predicted octanol–water partition coefficient (Wildman–Crippen LogP) is 3.00. The number of aryl methyl sites for hydroxylation is 2. The summed E-state index contributed by atoms with van der Waals surface area (Å²) < 4.78 is 19.6. The number of aromatic nitrogens is 7. The summed E-state index contributed by atoms with van der Waals surface area (Å²) in [6.45, 7) is 0.268. The molecule has 11 heteroatoms. The van der Waals surface area contributed by atoms with Crippen molar-refractivity contribution in [2.75, 3.05) is 5.75 Å². The van der Waals surface area contributed by atoms with Crippen LogP contribution >= 0.6 is 11.8 Å². The van der Waals surface area contributed by atoms with Crippen molar-refractivity contribution in [2.24, 2.45) is 14.1 Å². The van der Waals surface area contributed by atoms with Crippen molar-refractivity contribution in [1.29, 1.82) is 0 Å². The molecule has 0 atom stereocenters. The standard InChI is InChI=1S/C24H22FN7O2S/c1-29-15-26-21-19(29)22(33)31(24(34)30(21)2)13-6-14-35-23-28-27-20(16-9-11-17(25)12-10-16)32(23)18-7-4-3-5-8-18/h3-5,7-12,15H,6,13-14H2,1-2H3. The van der Waals surface area contributed by atoms with Gasteiger partial charge in [0.15, 0.2) is 22.1 Å². The van der Waals surface area contributed by atoms with E-state index in [4.69, 9.17) is 0 Å². The molecule has 0 aliphatic heterocycles. The monoisotopic (exact) mass is 491 g/mol. The van der Waals surface area contributed by atoms with Crippen molar-refractivity contribution in [3.63, 3.8) is 0 Å². The number of nitrogens with zero attached hydrogens (tertiary/aromatic N) is 7. The van der Waals surface area contributed by atoms with E-state index in [1.807, 2.05) is 34.9 Å². The molecule has 0 aliphatic carbocycles. The van der Waals surface area contributed by atoms with E-state index in [0.29, 0.717) is 34.3 Å². The number of hydrogen-bond acceptors (Lipinski definition) is 6. The van der Waals surface area contributed by atoms with E-state index in [-0.39, 0.29) is 17.9 Å². The molecule has 178 valence electrons. The lowest BCUT2D eigenvalue weighted by Crippen LogP contribution is -2.39. The Bertz CT molecular complexity index is 1620. The van der Waals surface area contributed by atoms with Gasteiger partial charge in [0.05, 0.1) is 6.33 Å². The van der Waals surface area contributed by atoms with E-state index in [1.54, 1.807) is 30.8 Å². The summed E-state index contributed by atoms with van der Waals surface area (Å²) in [5.41, 5.74) is 1.65. The molecule has 9 nitrogen and oxygen atoms in total. The summed E-state index contributed by atoms with van der Waals surface area (Å²) in [7, 11) is 3.35. The van der Waals surface area contributed by atoms with Crippen molar-refractivity contribution in [2.45, 2.75) is 18.1 Å². The second-order valence-corrected chi connectivity index (χ2v) is 9.07. The molecule has 0 fully saturated rings. The topological polar surface area (TPSA) is 92.5 Å². The molecule has 0 bridgehead atoms. The van der Waals surface area contributed by atoms with Crippen LogP contribution in [-0.2, 0) is 20.6 Å². The van der Waals surface area contributed by atoms with Gasteiger partial charge in [0.2, 0.25) is 0 Å². The molecular weight excluding hydrogens is 469 g/mol. The maximum absolute atomic E-state index is 13.4. The fourth-order valence-corrected chi connectivity index (χ4v) is 4.81. The molecule has 0 N–H and O–H groups in total. The van der Waals surface area contributed by atoms with Crippen LogP contribution in [0.2, 0.25) is 0 Å². The lowest BCUT2D eigenvalue weighted by atomic mass is 10.2. The highest BCUT2D eigenvalue weighted by molar-refractivity contribution is 7.99. The van der Waals surface area contributed by atoms with Gasteiger partial charge in [-0.1, -0.05) is 30.0 Å². The van der Waals surface area contributed by atoms with Gasteiger partial charge in [-0.2, -0.15) is 0 Å². The third kappa shape index (κ3) is 4.18. The number of thioether (sulfide) groups is 1. The Morgan fingerprint density at radius 3 is 2.46 bits per heavy atom. The molecule has 0 radical (unpaired) electrons.